The smallest absolute Gasteiger partial charge is 0.127 e. The standard InChI is InChI=1S/C16H17NO/c1-11-4-6-15(7-5-11)17-10-14-9-12(2)8-13(3)16(14)18/h4-10,18H,1-3H3. The number of aromatic hydroxyl groups is 1. The van der Waals surface area contributed by atoms with E-state index in [-0.39, 0.29) is 0 Å². The first kappa shape index (κ1) is 12.4. The largest absolute Gasteiger partial charge is 0.507 e. The molecule has 0 unspecified atom stereocenters. The van der Waals surface area contributed by atoms with Gasteiger partial charge in [0.05, 0.1) is 5.69 Å². The van der Waals surface area contributed by atoms with Gasteiger partial charge in [0, 0.05) is 11.8 Å². The van der Waals surface area contributed by atoms with E-state index in [0.29, 0.717) is 5.75 Å². The molecule has 0 heterocycles. The van der Waals surface area contributed by atoms with Crippen LogP contribution < -0.4 is 0 Å². The molecule has 18 heavy (non-hydrogen) atoms. The molecule has 2 nitrogen and oxygen atoms in total. The Morgan fingerprint density at radius 1 is 0.944 bits per heavy atom. The van der Waals surface area contributed by atoms with Crippen molar-refractivity contribution < 1.29 is 5.11 Å². The molecule has 0 aromatic heterocycles. The van der Waals surface area contributed by atoms with Crippen molar-refractivity contribution in [3.8, 4) is 5.75 Å². The topological polar surface area (TPSA) is 32.6 Å². The molecular weight excluding hydrogens is 222 g/mol. The molecule has 0 fully saturated rings. The average Bonchev–Trinajstić information content (AvgIpc) is 2.34. The SMILES string of the molecule is Cc1ccc(N=Cc2cc(C)cc(C)c2O)cc1. The second-order valence-electron chi connectivity index (χ2n) is 4.61. The molecule has 0 spiro atoms. The Morgan fingerprint density at radius 2 is 1.61 bits per heavy atom. The predicted molar refractivity (Wildman–Crippen MR) is 76.0 cm³/mol. The molecule has 0 bridgehead atoms. The van der Waals surface area contributed by atoms with Crippen LogP contribution in [0.2, 0.25) is 0 Å². The summed E-state index contributed by atoms with van der Waals surface area (Å²) in [7, 11) is 0. The molecule has 92 valence electrons. The molecule has 2 aromatic carbocycles. The third-order valence-corrected chi connectivity index (χ3v) is 2.86. The van der Waals surface area contributed by atoms with Gasteiger partial charge in [-0.25, -0.2) is 0 Å². The number of benzene rings is 2. The summed E-state index contributed by atoms with van der Waals surface area (Å²) in [5.41, 5.74) is 4.85. The summed E-state index contributed by atoms with van der Waals surface area (Å²) in [6.07, 6.45) is 1.71. The van der Waals surface area contributed by atoms with E-state index in [2.05, 4.69) is 4.99 Å². The molecule has 0 saturated carbocycles. The summed E-state index contributed by atoms with van der Waals surface area (Å²) in [6, 6.07) is 11.9. The molecule has 0 aliphatic rings. The Balaban J connectivity index is 2.31. The van der Waals surface area contributed by atoms with Crippen molar-refractivity contribution >= 4 is 11.9 Å². The quantitative estimate of drug-likeness (QED) is 0.787. The van der Waals surface area contributed by atoms with Crippen LogP contribution >= 0.6 is 0 Å². The molecule has 0 radical (unpaired) electrons. The minimum atomic E-state index is 0.302. The van der Waals surface area contributed by atoms with Gasteiger partial charge in [0.25, 0.3) is 0 Å². The number of hydrogen-bond acceptors (Lipinski definition) is 2. The Labute approximate surface area is 108 Å². The van der Waals surface area contributed by atoms with Gasteiger partial charge in [-0.2, -0.15) is 0 Å². The number of aryl methyl sites for hydroxylation is 3. The van der Waals surface area contributed by atoms with Crippen LogP contribution in [0.4, 0.5) is 5.69 Å². The molecular formula is C16H17NO. The van der Waals surface area contributed by atoms with Crippen LogP contribution in [-0.4, -0.2) is 11.3 Å². The molecule has 2 aromatic rings. The molecule has 0 saturated heterocycles. The van der Waals surface area contributed by atoms with Crippen molar-refractivity contribution in [3.63, 3.8) is 0 Å². The lowest BCUT2D eigenvalue weighted by Gasteiger charge is -2.04. The third kappa shape index (κ3) is 2.77. The normalized spacial score (nSPS) is 11.1. The lowest BCUT2D eigenvalue weighted by molar-refractivity contribution is 0.470. The number of rotatable bonds is 2. The fraction of sp³-hybridized carbons (Fsp3) is 0.188. The maximum Gasteiger partial charge on any atom is 0.127 e. The molecule has 0 amide bonds. The van der Waals surface area contributed by atoms with Crippen LogP contribution in [0.3, 0.4) is 0 Å². The van der Waals surface area contributed by atoms with Crippen molar-refractivity contribution in [2.75, 3.05) is 0 Å². The van der Waals surface area contributed by atoms with Gasteiger partial charge in [0.15, 0.2) is 0 Å². The average molecular weight is 239 g/mol. The Bertz CT molecular complexity index is 583. The monoisotopic (exact) mass is 239 g/mol. The maximum atomic E-state index is 9.95. The minimum absolute atomic E-state index is 0.302. The number of phenols is 1. The summed E-state index contributed by atoms with van der Waals surface area (Å²) in [5, 5.41) is 9.95. The predicted octanol–water partition coefficient (Wildman–Crippen LogP) is 4.07. The third-order valence-electron chi connectivity index (χ3n) is 2.86. The van der Waals surface area contributed by atoms with Gasteiger partial charge in [0.2, 0.25) is 0 Å². The molecule has 2 heteroatoms. The van der Waals surface area contributed by atoms with E-state index in [0.717, 1.165) is 22.4 Å². The Hall–Kier alpha value is -2.09. The first-order chi connectivity index (χ1) is 8.56. The van der Waals surface area contributed by atoms with Crippen molar-refractivity contribution in [2.24, 2.45) is 4.99 Å². The molecule has 2 rings (SSSR count). The van der Waals surface area contributed by atoms with Gasteiger partial charge >= 0.3 is 0 Å². The van der Waals surface area contributed by atoms with Crippen molar-refractivity contribution in [1.82, 2.24) is 0 Å². The van der Waals surface area contributed by atoms with Gasteiger partial charge in [-0.05, 0) is 50.1 Å². The second-order valence-corrected chi connectivity index (χ2v) is 4.61. The van der Waals surface area contributed by atoms with Crippen LogP contribution in [0.5, 0.6) is 5.75 Å². The van der Waals surface area contributed by atoms with Gasteiger partial charge in [0.1, 0.15) is 5.75 Å². The van der Waals surface area contributed by atoms with Crippen molar-refractivity contribution in [3.05, 3.63) is 58.7 Å². The zero-order chi connectivity index (χ0) is 13.1. The maximum absolute atomic E-state index is 9.95. The van der Waals surface area contributed by atoms with Crippen LogP contribution in [0.25, 0.3) is 0 Å². The summed E-state index contributed by atoms with van der Waals surface area (Å²) in [5.74, 6) is 0.302. The molecule has 0 atom stereocenters. The van der Waals surface area contributed by atoms with Gasteiger partial charge in [-0.3, -0.25) is 4.99 Å². The first-order valence-electron chi connectivity index (χ1n) is 5.97. The Morgan fingerprint density at radius 3 is 2.28 bits per heavy atom. The van der Waals surface area contributed by atoms with E-state index < -0.39 is 0 Å². The summed E-state index contributed by atoms with van der Waals surface area (Å²) in [6.45, 7) is 5.95. The van der Waals surface area contributed by atoms with Crippen LogP contribution in [0.15, 0.2) is 41.4 Å². The lowest BCUT2D eigenvalue weighted by atomic mass is 10.1. The molecule has 1 N–H and O–H groups in total. The fourth-order valence-electron chi connectivity index (χ4n) is 1.87. The lowest BCUT2D eigenvalue weighted by Crippen LogP contribution is -1.87. The summed E-state index contributed by atoms with van der Waals surface area (Å²) in [4.78, 5) is 4.38. The highest BCUT2D eigenvalue weighted by Crippen LogP contribution is 2.23. The highest BCUT2D eigenvalue weighted by Gasteiger charge is 2.02. The van der Waals surface area contributed by atoms with Gasteiger partial charge in [-0.15, -0.1) is 0 Å². The fourth-order valence-corrected chi connectivity index (χ4v) is 1.87. The van der Waals surface area contributed by atoms with E-state index in [4.69, 9.17) is 0 Å². The minimum Gasteiger partial charge on any atom is -0.507 e. The van der Waals surface area contributed by atoms with Crippen LogP contribution in [-0.2, 0) is 0 Å². The zero-order valence-electron chi connectivity index (χ0n) is 10.9. The van der Waals surface area contributed by atoms with E-state index in [1.54, 1.807) is 6.21 Å². The summed E-state index contributed by atoms with van der Waals surface area (Å²) < 4.78 is 0. The van der Waals surface area contributed by atoms with Gasteiger partial charge < -0.3 is 5.11 Å². The number of nitrogens with zero attached hydrogens (tertiary/aromatic N) is 1. The first-order valence-corrected chi connectivity index (χ1v) is 5.97. The van der Waals surface area contributed by atoms with E-state index >= 15 is 0 Å². The zero-order valence-corrected chi connectivity index (χ0v) is 10.9. The summed E-state index contributed by atoms with van der Waals surface area (Å²) >= 11 is 0. The molecule has 0 aliphatic carbocycles. The second kappa shape index (κ2) is 5.05. The Kier molecular flexibility index (Phi) is 3.47. The highest BCUT2D eigenvalue weighted by atomic mass is 16.3. The number of hydrogen-bond donors (Lipinski definition) is 1. The van der Waals surface area contributed by atoms with Crippen LogP contribution in [0.1, 0.15) is 22.3 Å². The van der Waals surface area contributed by atoms with E-state index in [1.807, 2.05) is 57.2 Å². The van der Waals surface area contributed by atoms with E-state index in [1.165, 1.54) is 5.56 Å². The van der Waals surface area contributed by atoms with Crippen molar-refractivity contribution in [1.29, 1.82) is 0 Å². The highest BCUT2D eigenvalue weighted by molar-refractivity contribution is 5.86. The van der Waals surface area contributed by atoms with Crippen LogP contribution in [0, 0.1) is 20.8 Å². The number of aliphatic imine (C=N–C) groups is 1. The molecule has 0 aliphatic heterocycles. The number of phenolic OH excluding ortho intramolecular Hbond substituents is 1. The van der Waals surface area contributed by atoms with Gasteiger partial charge in [-0.1, -0.05) is 23.8 Å². The van der Waals surface area contributed by atoms with E-state index in [9.17, 15) is 5.11 Å². The van der Waals surface area contributed by atoms with Crippen molar-refractivity contribution in [2.45, 2.75) is 20.8 Å².